The van der Waals surface area contributed by atoms with Crippen LogP contribution in [0.4, 0.5) is 4.79 Å². The zero-order chi connectivity index (χ0) is 11.8. The monoisotopic (exact) mass is 212 g/mol. The van der Waals surface area contributed by atoms with Gasteiger partial charge < -0.3 is 5.32 Å². The number of imide groups is 1. The van der Waals surface area contributed by atoms with Gasteiger partial charge in [-0.15, -0.1) is 0 Å². The van der Waals surface area contributed by atoms with E-state index in [4.69, 9.17) is 0 Å². The lowest BCUT2D eigenvalue weighted by molar-refractivity contribution is -0.130. The quantitative estimate of drug-likeness (QED) is 0.692. The van der Waals surface area contributed by atoms with E-state index < -0.39 is 0 Å². The molecule has 1 saturated heterocycles. The van der Waals surface area contributed by atoms with E-state index in [9.17, 15) is 9.59 Å². The lowest BCUT2D eigenvalue weighted by atomic mass is 9.72. The normalized spacial score (nSPS) is 27.6. The summed E-state index contributed by atoms with van der Waals surface area (Å²) < 4.78 is 0. The van der Waals surface area contributed by atoms with Crippen molar-refractivity contribution < 1.29 is 9.59 Å². The molecule has 15 heavy (non-hydrogen) atoms. The molecule has 1 aliphatic rings. The summed E-state index contributed by atoms with van der Waals surface area (Å²) in [4.78, 5) is 23.0. The molecule has 0 aromatic heterocycles. The Kier molecular flexibility index (Phi) is 3.07. The van der Waals surface area contributed by atoms with E-state index in [2.05, 4.69) is 10.6 Å². The molecular weight excluding hydrogens is 192 g/mol. The Labute approximate surface area is 90.8 Å². The number of carbonyl (C=O) groups is 2. The summed E-state index contributed by atoms with van der Waals surface area (Å²) in [6.07, 6.45) is 0. The minimum Gasteiger partial charge on any atom is -0.334 e. The van der Waals surface area contributed by atoms with E-state index in [1.165, 1.54) is 0 Å². The van der Waals surface area contributed by atoms with Gasteiger partial charge in [-0.2, -0.15) is 0 Å². The van der Waals surface area contributed by atoms with Crippen molar-refractivity contribution in [1.29, 1.82) is 0 Å². The largest absolute Gasteiger partial charge is 0.334 e. The maximum Gasteiger partial charge on any atom is 0.321 e. The molecule has 1 heterocycles. The number of amides is 3. The molecule has 2 atom stereocenters. The first-order valence-electron chi connectivity index (χ1n) is 5.35. The second-order valence-corrected chi connectivity index (χ2v) is 5.58. The molecule has 0 spiro atoms. The molecule has 0 radical (unpaired) electrons. The Balaban J connectivity index is 2.98. The highest BCUT2D eigenvalue weighted by Crippen LogP contribution is 2.33. The van der Waals surface area contributed by atoms with Crippen LogP contribution in [0.15, 0.2) is 0 Å². The molecule has 0 aromatic carbocycles. The number of rotatable bonds is 1. The zero-order valence-corrected chi connectivity index (χ0v) is 10.0. The Morgan fingerprint density at radius 1 is 1.20 bits per heavy atom. The Morgan fingerprint density at radius 2 is 1.73 bits per heavy atom. The van der Waals surface area contributed by atoms with Crippen molar-refractivity contribution in [2.45, 2.75) is 40.7 Å². The molecule has 1 rings (SSSR count). The highest BCUT2D eigenvalue weighted by atomic mass is 16.2. The van der Waals surface area contributed by atoms with E-state index in [1.807, 2.05) is 34.6 Å². The van der Waals surface area contributed by atoms with Crippen LogP contribution in [-0.2, 0) is 4.79 Å². The van der Waals surface area contributed by atoms with E-state index in [1.54, 1.807) is 0 Å². The van der Waals surface area contributed by atoms with Gasteiger partial charge in [-0.3, -0.25) is 10.1 Å². The lowest BCUT2D eigenvalue weighted by Gasteiger charge is -2.41. The molecule has 1 aliphatic heterocycles. The van der Waals surface area contributed by atoms with Crippen LogP contribution in [0.2, 0.25) is 0 Å². The fourth-order valence-corrected chi connectivity index (χ4v) is 2.11. The minimum atomic E-state index is -0.376. The average molecular weight is 212 g/mol. The molecule has 0 saturated carbocycles. The fourth-order valence-electron chi connectivity index (χ4n) is 2.11. The molecule has 2 unspecified atom stereocenters. The molecule has 0 aliphatic carbocycles. The SMILES string of the molecule is CC(C)C1NC(=O)NC(=O)C1C(C)(C)C. The van der Waals surface area contributed by atoms with E-state index in [0.29, 0.717) is 0 Å². The number of hydrogen-bond acceptors (Lipinski definition) is 2. The number of hydrogen-bond donors (Lipinski definition) is 2. The van der Waals surface area contributed by atoms with E-state index in [-0.39, 0.29) is 35.2 Å². The molecule has 86 valence electrons. The maximum absolute atomic E-state index is 11.8. The first-order chi connectivity index (χ1) is 6.73. The van der Waals surface area contributed by atoms with Crippen LogP contribution in [0.3, 0.4) is 0 Å². The predicted octanol–water partition coefficient (Wildman–Crippen LogP) is 1.51. The van der Waals surface area contributed by atoms with Crippen LogP contribution in [0.1, 0.15) is 34.6 Å². The fraction of sp³-hybridized carbons (Fsp3) is 0.818. The van der Waals surface area contributed by atoms with Crippen molar-refractivity contribution in [3.63, 3.8) is 0 Å². The third-order valence-electron chi connectivity index (χ3n) is 2.83. The summed E-state index contributed by atoms with van der Waals surface area (Å²) in [5.41, 5.74) is -0.146. The van der Waals surface area contributed by atoms with Crippen molar-refractivity contribution >= 4 is 11.9 Å². The number of nitrogens with one attached hydrogen (secondary N) is 2. The first kappa shape index (κ1) is 12.0. The average Bonchev–Trinajstić information content (AvgIpc) is 1.99. The molecule has 4 heteroatoms. The van der Waals surface area contributed by atoms with Crippen LogP contribution in [0.25, 0.3) is 0 Å². The van der Waals surface area contributed by atoms with Gasteiger partial charge in [0.2, 0.25) is 5.91 Å². The second-order valence-electron chi connectivity index (χ2n) is 5.58. The zero-order valence-electron chi connectivity index (χ0n) is 10.0. The number of urea groups is 1. The summed E-state index contributed by atoms with van der Waals surface area (Å²) in [6, 6.07) is -0.453. The predicted molar refractivity (Wildman–Crippen MR) is 58.2 cm³/mol. The van der Waals surface area contributed by atoms with Gasteiger partial charge in [-0.25, -0.2) is 4.79 Å². The Hall–Kier alpha value is -1.06. The Bertz CT molecular complexity index is 279. The van der Waals surface area contributed by atoms with Crippen LogP contribution in [-0.4, -0.2) is 18.0 Å². The molecule has 4 nitrogen and oxygen atoms in total. The van der Waals surface area contributed by atoms with Crippen LogP contribution in [0.5, 0.6) is 0 Å². The van der Waals surface area contributed by atoms with Gasteiger partial charge in [0.1, 0.15) is 0 Å². The van der Waals surface area contributed by atoms with Crippen molar-refractivity contribution in [3.8, 4) is 0 Å². The highest BCUT2D eigenvalue weighted by Gasteiger charge is 2.43. The van der Waals surface area contributed by atoms with Gasteiger partial charge in [-0.05, 0) is 11.3 Å². The van der Waals surface area contributed by atoms with Crippen molar-refractivity contribution in [2.24, 2.45) is 17.3 Å². The van der Waals surface area contributed by atoms with Gasteiger partial charge in [0.15, 0.2) is 0 Å². The third kappa shape index (κ3) is 2.49. The molecule has 2 N–H and O–H groups in total. The van der Waals surface area contributed by atoms with Crippen LogP contribution in [0, 0.1) is 17.3 Å². The van der Waals surface area contributed by atoms with Gasteiger partial charge in [-0.1, -0.05) is 34.6 Å². The topological polar surface area (TPSA) is 58.2 Å². The summed E-state index contributed by atoms with van der Waals surface area (Å²) in [5.74, 6) is -0.0793. The van der Waals surface area contributed by atoms with Gasteiger partial charge in [0.05, 0.1) is 5.92 Å². The van der Waals surface area contributed by atoms with Crippen molar-refractivity contribution in [3.05, 3.63) is 0 Å². The molecule has 3 amide bonds. The summed E-state index contributed by atoms with van der Waals surface area (Å²) in [7, 11) is 0. The second kappa shape index (κ2) is 3.83. The van der Waals surface area contributed by atoms with E-state index >= 15 is 0 Å². The molecule has 1 fully saturated rings. The van der Waals surface area contributed by atoms with Crippen LogP contribution >= 0.6 is 0 Å². The summed E-state index contributed by atoms with van der Waals surface area (Å²) in [6.45, 7) is 10.1. The third-order valence-corrected chi connectivity index (χ3v) is 2.83. The van der Waals surface area contributed by atoms with Crippen molar-refractivity contribution in [1.82, 2.24) is 10.6 Å². The van der Waals surface area contributed by atoms with Crippen LogP contribution < -0.4 is 10.6 Å². The van der Waals surface area contributed by atoms with E-state index in [0.717, 1.165) is 0 Å². The molecule has 0 aromatic rings. The van der Waals surface area contributed by atoms with Gasteiger partial charge >= 0.3 is 6.03 Å². The standard InChI is InChI=1S/C11H20N2O2/c1-6(2)8-7(11(3,4)5)9(14)13-10(15)12-8/h6-8H,1-5H3,(H2,12,13,14,15). The molecule has 0 bridgehead atoms. The van der Waals surface area contributed by atoms with Crippen molar-refractivity contribution in [2.75, 3.05) is 0 Å². The highest BCUT2D eigenvalue weighted by molar-refractivity contribution is 5.98. The Morgan fingerprint density at radius 3 is 2.13 bits per heavy atom. The lowest BCUT2D eigenvalue weighted by Crippen LogP contribution is -2.62. The summed E-state index contributed by atoms with van der Waals surface area (Å²) in [5, 5.41) is 5.16. The number of carbonyl (C=O) groups excluding carboxylic acids is 2. The first-order valence-corrected chi connectivity index (χ1v) is 5.35. The minimum absolute atomic E-state index is 0.0775. The smallest absolute Gasteiger partial charge is 0.321 e. The molecular formula is C11H20N2O2. The summed E-state index contributed by atoms with van der Waals surface area (Å²) >= 11 is 0. The van der Waals surface area contributed by atoms with Gasteiger partial charge in [0.25, 0.3) is 0 Å². The van der Waals surface area contributed by atoms with Gasteiger partial charge in [0, 0.05) is 6.04 Å². The maximum atomic E-state index is 11.8.